The van der Waals surface area contributed by atoms with Crippen LogP contribution in [0.3, 0.4) is 0 Å². The Hall–Kier alpha value is -2.14. The minimum Gasteiger partial charge on any atom is -0.444 e. The Labute approximate surface area is 111 Å². The summed E-state index contributed by atoms with van der Waals surface area (Å²) in [4.78, 5) is 17.6. The maximum absolute atomic E-state index is 12.1. The van der Waals surface area contributed by atoms with Crippen LogP contribution in [-0.2, 0) is 0 Å². The molecule has 100 valence electrons. The van der Waals surface area contributed by atoms with Crippen molar-refractivity contribution < 1.29 is 14.3 Å². The number of oxazole rings is 1. The van der Waals surface area contributed by atoms with E-state index in [2.05, 4.69) is 4.98 Å². The van der Waals surface area contributed by atoms with Gasteiger partial charge in [0.15, 0.2) is 12.2 Å². The van der Waals surface area contributed by atoms with Crippen molar-refractivity contribution >= 4 is 5.91 Å². The molecular formula is C14H16N2O3. The maximum Gasteiger partial charge on any atom is 0.253 e. The van der Waals surface area contributed by atoms with E-state index >= 15 is 0 Å². The highest BCUT2D eigenvalue weighted by molar-refractivity contribution is 5.94. The lowest BCUT2D eigenvalue weighted by atomic mass is 10.1. The molecule has 1 amide bonds. The largest absolute Gasteiger partial charge is 0.444 e. The normalized spacial score (nSPS) is 10.4. The van der Waals surface area contributed by atoms with Gasteiger partial charge in [0.25, 0.3) is 5.91 Å². The zero-order valence-electron chi connectivity index (χ0n) is 10.7. The molecule has 5 heteroatoms. The average Bonchev–Trinajstić information content (AvgIpc) is 2.98. The molecule has 0 radical (unpaired) electrons. The van der Waals surface area contributed by atoms with Crippen molar-refractivity contribution in [1.82, 2.24) is 9.88 Å². The molecule has 0 spiro atoms. The lowest BCUT2D eigenvalue weighted by Crippen LogP contribution is -2.33. The van der Waals surface area contributed by atoms with Gasteiger partial charge in [-0.2, -0.15) is 0 Å². The molecule has 1 aromatic heterocycles. The molecule has 2 aromatic rings. The Kier molecular flexibility index (Phi) is 4.30. The lowest BCUT2D eigenvalue weighted by Gasteiger charge is -2.19. The molecule has 5 nitrogen and oxygen atoms in total. The molecule has 1 aromatic carbocycles. The molecule has 1 heterocycles. The van der Waals surface area contributed by atoms with E-state index in [0.29, 0.717) is 24.4 Å². The quantitative estimate of drug-likeness (QED) is 0.890. The highest BCUT2D eigenvalue weighted by Crippen LogP contribution is 2.19. The summed E-state index contributed by atoms with van der Waals surface area (Å²) in [6.45, 7) is 2.77. The van der Waals surface area contributed by atoms with Gasteiger partial charge in [0.2, 0.25) is 0 Å². The van der Waals surface area contributed by atoms with Gasteiger partial charge >= 0.3 is 0 Å². The molecule has 0 atom stereocenters. The van der Waals surface area contributed by atoms with Crippen LogP contribution in [0.15, 0.2) is 41.3 Å². The monoisotopic (exact) mass is 260 g/mol. The van der Waals surface area contributed by atoms with Crippen LogP contribution >= 0.6 is 0 Å². The van der Waals surface area contributed by atoms with Crippen molar-refractivity contribution in [2.45, 2.75) is 6.92 Å². The molecule has 0 aliphatic carbocycles. The highest BCUT2D eigenvalue weighted by Gasteiger charge is 2.13. The van der Waals surface area contributed by atoms with Crippen molar-refractivity contribution in [2.75, 3.05) is 19.7 Å². The van der Waals surface area contributed by atoms with Crippen molar-refractivity contribution in [3.8, 4) is 11.3 Å². The third-order valence-corrected chi connectivity index (χ3v) is 2.89. The molecule has 19 heavy (non-hydrogen) atoms. The Morgan fingerprint density at radius 3 is 2.63 bits per heavy atom. The minimum absolute atomic E-state index is 0.0320. The molecule has 0 unspecified atom stereocenters. The summed E-state index contributed by atoms with van der Waals surface area (Å²) < 4.78 is 5.19. The van der Waals surface area contributed by atoms with Crippen LogP contribution in [-0.4, -0.2) is 40.6 Å². The van der Waals surface area contributed by atoms with Gasteiger partial charge in [-0.3, -0.25) is 4.79 Å². The number of aliphatic hydroxyl groups is 1. The Balaban J connectivity index is 2.16. The first kappa shape index (κ1) is 13.3. The van der Waals surface area contributed by atoms with Gasteiger partial charge in [-0.15, -0.1) is 0 Å². The first-order valence-corrected chi connectivity index (χ1v) is 6.15. The summed E-state index contributed by atoms with van der Waals surface area (Å²) in [6.07, 6.45) is 3.00. The number of amides is 1. The molecule has 0 aliphatic rings. The fourth-order valence-corrected chi connectivity index (χ4v) is 1.84. The van der Waals surface area contributed by atoms with Crippen molar-refractivity contribution in [1.29, 1.82) is 0 Å². The fourth-order valence-electron chi connectivity index (χ4n) is 1.84. The van der Waals surface area contributed by atoms with E-state index in [-0.39, 0.29) is 12.5 Å². The van der Waals surface area contributed by atoms with E-state index in [4.69, 9.17) is 9.52 Å². The molecule has 0 saturated heterocycles. The Bertz CT molecular complexity index is 520. The number of nitrogens with zero attached hydrogens (tertiary/aromatic N) is 2. The second-order valence-electron chi connectivity index (χ2n) is 4.05. The molecule has 2 rings (SSSR count). The van der Waals surface area contributed by atoms with Crippen LogP contribution in [0.2, 0.25) is 0 Å². The number of hydrogen-bond acceptors (Lipinski definition) is 4. The van der Waals surface area contributed by atoms with Crippen LogP contribution in [0, 0.1) is 0 Å². The van der Waals surface area contributed by atoms with Crippen LogP contribution in [0.4, 0.5) is 0 Å². The number of carbonyl (C=O) groups is 1. The summed E-state index contributed by atoms with van der Waals surface area (Å²) in [5, 5.41) is 8.92. The van der Waals surface area contributed by atoms with E-state index in [1.165, 1.54) is 6.39 Å². The van der Waals surface area contributed by atoms with Crippen molar-refractivity contribution in [3.63, 3.8) is 0 Å². The number of aromatic nitrogens is 1. The van der Waals surface area contributed by atoms with Gasteiger partial charge in [0.05, 0.1) is 12.8 Å². The summed E-state index contributed by atoms with van der Waals surface area (Å²) in [5.41, 5.74) is 1.47. The maximum atomic E-state index is 12.1. The number of likely N-dealkylation sites (N-methyl/N-ethyl adjacent to an activating group) is 1. The second-order valence-corrected chi connectivity index (χ2v) is 4.05. The smallest absolute Gasteiger partial charge is 0.253 e. The zero-order valence-corrected chi connectivity index (χ0v) is 10.7. The van der Waals surface area contributed by atoms with Gasteiger partial charge in [0.1, 0.15) is 0 Å². The number of aliphatic hydroxyl groups excluding tert-OH is 1. The summed E-state index contributed by atoms with van der Waals surface area (Å²) in [7, 11) is 0. The molecule has 0 aliphatic heterocycles. The first-order valence-electron chi connectivity index (χ1n) is 6.15. The van der Waals surface area contributed by atoms with Crippen LogP contribution in [0.25, 0.3) is 11.3 Å². The fraction of sp³-hybridized carbons (Fsp3) is 0.286. The minimum atomic E-state index is -0.0827. The van der Waals surface area contributed by atoms with Crippen LogP contribution in [0.1, 0.15) is 17.3 Å². The van der Waals surface area contributed by atoms with E-state index in [1.807, 2.05) is 19.1 Å². The molecule has 1 N–H and O–H groups in total. The van der Waals surface area contributed by atoms with E-state index in [0.717, 1.165) is 5.56 Å². The zero-order chi connectivity index (χ0) is 13.7. The van der Waals surface area contributed by atoms with Crippen LogP contribution < -0.4 is 0 Å². The van der Waals surface area contributed by atoms with Gasteiger partial charge in [0, 0.05) is 24.2 Å². The Morgan fingerprint density at radius 1 is 1.37 bits per heavy atom. The number of hydrogen-bond donors (Lipinski definition) is 1. The third-order valence-electron chi connectivity index (χ3n) is 2.89. The van der Waals surface area contributed by atoms with E-state index < -0.39 is 0 Å². The number of carbonyl (C=O) groups excluding carboxylic acids is 1. The number of benzene rings is 1. The predicted molar refractivity (Wildman–Crippen MR) is 70.6 cm³/mol. The van der Waals surface area contributed by atoms with Crippen molar-refractivity contribution in [2.24, 2.45) is 0 Å². The topological polar surface area (TPSA) is 66.6 Å². The summed E-state index contributed by atoms with van der Waals surface area (Å²) in [6, 6.07) is 7.14. The standard InChI is InChI=1S/C14H16N2O3/c1-2-16(7-8-17)14(18)12-5-3-11(4-6-12)13-9-15-10-19-13/h3-6,9-10,17H,2,7-8H2,1H3. The second kappa shape index (κ2) is 6.15. The molecule has 0 fully saturated rings. The van der Waals surface area contributed by atoms with E-state index in [9.17, 15) is 4.79 Å². The summed E-state index contributed by atoms with van der Waals surface area (Å²) >= 11 is 0. The van der Waals surface area contributed by atoms with Crippen molar-refractivity contribution in [3.05, 3.63) is 42.4 Å². The molecule has 0 saturated carbocycles. The molecule has 0 bridgehead atoms. The van der Waals surface area contributed by atoms with Gasteiger partial charge in [-0.1, -0.05) is 12.1 Å². The average molecular weight is 260 g/mol. The summed E-state index contributed by atoms with van der Waals surface area (Å²) in [5.74, 6) is 0.586. The third kappa shape index (κ3) is 3.00. The molecular weight excluding hydrogens is 244 g/mol. The SMILES string of the molecule is CCN(CCO)C(=O)c1ccc(-c2cnco2)cc1. The van der Waals surface area contributed by atoms with Gasteiger partial charge in [-0.25, -0.2) is 4.98 Å². The number of rotatable bonds is 5. The lowest BCUT2D eigenvalue weighted by molar-refractivity contribution is 0.0732. The van der Waals surface area contributed by atoms with Gasteiger partial charge in [-0.05, 0) is 19.1 Å². The highest BCUT2D eigenvalue weighted by atomic mass is 16.3. The van der Waals surface area contributed by atoms with Gasteiger partial charge < -0.3 is 14.4 Å². The first-order chi connectivity index (χ1) is 9.26. The van der Waals surface area contributed by atoms with E-state index in [1.54, 1.807) is 23.2 Å². The predicted octanol–water partition coefficient (Wildman–Crippen LogP) is 1.80. The van der Waals surface area contributed by atoms with Crippen LogP contribution in [0.5, 0.6) is 0 Å². The Morgan fingerprint density at radius 2 is 2.11 bits per heavy atom.